The number of nitrogens with two attached hydrogens (primary N) is 1. The average Bonchev–Trinajstić information content (AvgIpc) is 2.96. The highest BCUT2D eigenvalue weighted by Crippen LogP contribution is 2.40. The van der Waals surface area contributed by atoms with E-state index in [9.17, 15) is 4.79 Å². The van der Waals surface area contributed by atoms with E-state index in [0.717, 1.165) is 39.2 Å². The Labute approximate surface area is 161 Å². The summed E-state index contributed by atoms with van der Waals surface area (Å²) in [6.45, 7) is 3.84. The quantitative estimate of drug-likeness (QED) is 0.733. The average molecular weight is 380 g/mol. The number of aliphatic imine (C=N–C) groups is 1. The van der Waals surface area contributed by atoms with Gasteiger partial charge >= 0.3 is 0 Å². The molecule has 4 rings (SSSR count). The molecule has 1 amide bonds. The number of amides is 1. The maximum absolute atomic E-state index is 11.7. The molecule has 3 aromatic rings. The molecule has 5 nitrogen and oxygen atoms in total. The Morgan fingerprint density at radius 2 is 1.93 bits per heavy atom. The summed E-state index contributed by atoms with van der Waals surface area (Å²) in [5, 5.41) is 4.80. The van der Waals surface area contributed by atoms with Gasteiger partial charge in [-0.3, -0.25) is 9.79 Å². The number of aromatic nitrogens is 1. The van der Waals surface area contributed by atoms with E-state index in [1.54, 1.807) is 0 Å². The first-order chi connectivity index (χ1) is 13.0. The van der Waals surface area contributed by atoms with Crippen LogP contribution in [0.5, 0.6) is 0 Å². The Morgan fingerprint density at radius 1 is 1.19 bits per heavy atom. The highest BCUT2D eigenvalue weighted by molar-refractivity contribution is 6.31. The van der Waals surface area contributed by atoms with Gasteiger partial charge in [-0.25, -0.2) is 0 Å². The molecule has 0 spiro atoms. The van der Waals surface area contributed by atoms with Crippen molar-refractivity contribution in [1.82, 2.24) is 5.16 Å². The van der Waals surface area contributed by atoms with Crippen LogP contribution in [0.1, 0.15) is 40.6 Å². The van der Waals surface area contributed by atoms with E-state index in [1.807, 2.05) is 56.3 Å². The van der Waals surface area contributed by atoms with Crippen LogP contribution in [0.25, 0.3) is 11.1 Å². The molecule has 0 fully saturated rings. The minimum absolute atomic E-state index is 0.0473. The van der Waals surface area contributed by atoms with Gasteiger partial charge in [0.05, 0.1) is 23.4 Å². The molecule has 1 aliphatic rings. The van der Waals surface area contributed by atoms with Gasteiger partial charge in [0.15, 0.2) is 5.76 Å². The summed E-state index contributed by atoms with van der Waals surface area (Å²) < 4.78 is 5.58. The molecule has 0 radical (unpaired) electrons. The van der Waals surface area contributed by atoms with Crippen molar-refractivity contribution in [3.63, 3.8) is 0 Å². The zero-order valence-corrected chi connectivity index (χ0v) is 15.7. The number of aryl methyl sites for hydroxylation is 2. The number of hydrogen-bond donors (Lipinski definition) is 1. The fraction of sp³-hybridized carbons (Fsp3) is 0.190. The van der Waals surface area contributed by atoms with Gasteiger partial charge in [-0.1, -0.05) is 47.1 Å². The van der Waals surface area contributed by atoms with E-state index in [4.69, 9.17) is 26.9 Å². The number of rotatable bonds is 3. The lowest BCUT2D eigenvalue weighted by Crippen LogP contribution is -2.15. The van der Waals surface area contributed by atoms with Gasteiger partial charge in [0.25, 0.3) is 0 Å². The fourth-order valence-corrected chi connectivity index (χ4v) is 3.60. The Hall–Kier alpha value is -2.92. The summed E-state index contributed by atoms with van der Waals surface area (Å²) in [5.74, 6) is 0.126. The smallest absolute Gasteiger partial charge is 0.220 e. The second-order valence-corrected chi connectivity index (χ2v) is 7.09. The predicted octanol–water partition coefficient (Wildman–Crippen LogP) is 4.38. The van der Waals surface area contributed by atoms with E-state index in [0.29, 0.717) is 10.8 Å². The lowest BCUT2D eigenvalue weighted by atomic mass is 9.92. The first-order valence-electron chi connectivity index (χ1n) is 8.64. The molecule has 1 aromatic heterocycles. The number of carbonyl (C=O) groups excluding carboxylic acids is 1. The van der Waals surface area contributed by atoms with Gasteiger partial charge in [0.1, 0.15) is 6.04 Å². The van der Waals surface area contributed by atoms with Crippen molar-refractivity contribution in [2.75, 3.05) is 0 Å². The van der Waals surface area contributed by atoms with Gasteiger partial charge in [0.2, 0.25) is 5.91 Å². The molecule has 27 heavy (non-hydrogen) atoms. The van der Waals surface area contributed by atoms with Gasteiger partial charge in [0, 0.05) is 16.1 Å². The third kappa shape index (κ3) is 3.04. The van der Waals surface area contributed by atoms with Crippen molar-refractivity contribution in [3.8, 4) is 11.1 Å². The van der Waals surface area contributed by atoms with E-state index in [-0.39, 0.29) is 6.42 Å². The van der Waals surface area contributed by atoms with Crippen molar-refractivity contribution in [2.45, 2.75) is 26.3 Å². The normalized spacial score (nSPS) is 15.5. The second kappa shape index (κ2) is 6.67. The minimum atomic E-state index is -0.530. The fourth-order valence-electron chi connectivity index (χ4n) is 3.48. The molecule has 1 atom stereocenters. The molecule has 6 heteroatoms. The highest BCUT2D eigenvalue weighted by atomic mass is 35.5. The molecular formula is C21H18ClN3O2. The van der Waals surface area contributed by atoms with Crippen LogP contribution in [0.4, 0.5) is 0 Å². The minimum Gasteiger partial charge on any atom is -0.370 e. The van der Waals surface area contributed by atoms with Gasteiger partial charge in [-0.2, -0.15) is 0 Å². The molecule has 2 heterocycles. The summed E-state index contributed by atoms with van der Waals surface area (Å²) in [4.78, 5) is 16.6. The molecule has 0 saturated heterocycles. The lowest BCUT2D eigenvalue weighted by molar-refractivity contribution is -0.118. The summed E-state index contributed by atoms with van der Waals surface area (Å²) >= 11 is 6.20. The van der Waals surface area contributed by atoms with E-state index in [2.05, 4.69) is 5.16 Å². The van der Waals surface area contributed by atoms with Crippen LogP contribution in [0.2, 0.25) is 5.02 Å². The number of nitrogens with zero attached hydrogens (tertiary/aromatic N) is 2. The van der Waals surface area contributed by atoms with Crippen LogP contribution in [-0.4, -0.2) is 16.8 Å². The third-order valence-electron chi connectivity index (χ3n) is 4.75. The van der Waals surface area contributed by atoms with Crippen LogP contribution in [0, 0.1) is 13.8 Å². The number of benzene rings is 2. The standard InChI is InChI=1S/C21H18ClN3O2/c1-11-9-13(7-8-16(11)22)20-15-6-4-3-5-14(15)19-12(2)25-27-21(19)17(24-20)10-18(23)26/h3-9,17H,10H2,1-2H3,(H2,23,26)/t17-/m0/s1. The number of primary amides is 1. The number of halogens is 1. The molecule has 2 aromatic carbocycles. The number of hydrogen-bond acceptors (Lipinski definition) is 4. The molecule has 0 aliphatic carbocycles. The van der Waals surface area contributed by atoms with E-state index in [1.165, 1.54) is 0 Å². The zero-order chi connectivity index (χ0) is 19.1. The maximum Gasteiger partial charge on any atom is 0.220 e. The van der Waals surface area contributed by atoms with E-state index < -0.39 is 11.9 Å². The van der Waals surface area contributed by atoms with E-state index >= 15 is 0 Å². The monoisotopic (exact) mass is 379 g/mol. The molecule has 1 aliphatic heterocycles. The Bertz CT molecular complexity index is 1080. The first-order valence-corrected chi connectivity index (χ1v) is 9.02. The van der Waals surface area contributed by atoms with Gasteiger partial charge in [-0.15, -0.1) is 0 Å². The predicted molar refractivity (Wildman–Crippen MR) is 105 cm³/mol. The van der Waals surface area contributed by atoms with Crippen molar-refractivity contribution in [2.24, 2.45) is 10.7 Å². The summed E-state index contributed by atoms with van der Waals surface area (Å²) in [6.07, 6.45) is 0.0473. The molecule has 2 N–H and O–H groups in total. The van der Waals surface area contributed by atoms with Crippen LogP contribution >= 0.6 is 11.6 Å². The Kier molecular flexibility index (Phi) is 4.32. The van der Waals surface area contributed by atoms with Crippen LogP contribution in [0.3, 0.4) is 0 Å². The molecule has 136 valence electrons. The summed E-state index contributed by atoms with van der Waals surface area (Å²) in [6, 6.07) is 13.2. The summed E-state index contributed by atoms with van der Waals surface area (Å²) in [5.41, 5.74) is 11.7. The highest BCUT2D eigenvalue weighted by Gasteiger charge is 2.31. The van der Waals surface area contributed by atoms with Crippen molar-refractivity contribution >= 4 is 23.2 Å². The van der Waals surface area contributed by atoms with Crippen LogP contribution in [0.15, 0.2) is 52.0 Å². The SMILES string of the molecule is Cc1cc(C2=N[C@@H](CC(N)=O)c3onc(C)c3-c3ccccc32)ccc1Cl. The zero-order valence-electron chi connectivity index (χ0n) is 15.0. The van der Waals surface area contributed by atoms with Crippen molar-refractivity contribution in [1.29, 1.82) is 0 Å². The van der Waals surface area contributed by atoms with Crippen molar-refractivity contribution < 1.29 is 9.32 Å². The molecule has 0 bridgehead atoms. The third-order valence-corrected chi connectivity index (χ3v) is 5.18. The van der Waals surface area contributed by atoms with Gasteiger partial charge < -0.3 is 10.3 Å². The number of fused-ring (bicyclic) bond motifs is 3. The largest absolute Gasteiger partial charge is 0.370 e. The van der Waals surface area contributed by atoms with Crippen molar-refractivity contribution in [3.05, 3.63) is 75.6 Å². The Balaban J connectivity index is 2.01. The molecular weight excluding hydrogens is 362 g/mol. The van der Waals surface area contributed by atoms with Crippen LogP contribution in [-0.2, 0) is 4.79 Å². The second-order valence-electron chi connectivity index (χ2n) is 6.68. The topological polar surface area (TPSA) is 81.5 Å². The Morgan fingerprint density at radius 3 is 2.63 bits per heavy atom. The van der Waals surface area contributed by atoms with Crippen LogP contribution < -0.4 is 5.73 Å². The molecule has 0 saturated carbocycles. The molecule has 0 unspecified atom stereocenters. The number of carbonyl (C=O) groups is 1. The first kappa shape index (κ1) is 17.5. The maximum atomic E-state index is 11.7. The lowest BCUT2D eigenvalue weighted by Gasteiger charge is -2.12. The summed E-state index contributed by atoms with van der Waals surface area (Å²) in [7, 11) is 0. The van der Waals surface area contributed by atoms with Gasteiger partial charge in [-0.05, 0) is 37.1 Å².